The zero-order chi connectivity index (χ0) is 18.9. The number of aliphatic hydroxyl groups is 1. The Hall–Kier alpha value is -2.87. The molecule has 2 aromatic rings. The second kappa shape index (κ2) is 9.57. The fourth-order valence-electron chi connectivity index (χ4n) is 2.25. The van der Waals surface area contributed by atoms with Gasteiger partial charge in [0.2, 0.25) is 0 Å². The summed E-state index contributed by atoms with van der Waals surface area (Å²) in [6, 6.07) is 8.53. The smallest absolute Gasteiger partial charge is 0.315 e. The van der Waals surface area contributed by atoms with Gasteiger partial charge in [-0.1, -0.05) is 6.07 Å². The molecule has 1 heterocycles. The van der Waals surface area contributed by atoms with Crippen molar-refractivity contribution >= 4 is 6.03 Å². The quantitative estimate of drug-likeness (QED) is 0.656. The minimum Gasteiger partial charge on any atom is -0.497 e. The van der Waals surface area contributed by atoms with Crippen LogP contribution < -0.4 is 20.1 Å². The van der Waals surface area contributed by atoms with E-state index in [1.807, 2.05) is 19.9 Å². The highest BCUT2D eigenvalue weighted by Crippen LogP contribution is 2.18. The van der Waals surface area contributed by atoms with Crippen LogP contribution in [0.4, 0.5) is 4.79 Å². The summed E-state index contributed by atoms with van der Waals surface area (Å²) in [7, 11) is 1.57. The number of ether oxygens (including phenoxy) is 2. The summed E-state index contributed by atoms with van der Waals surface area (Å²) >= 11 is 0. The second-order valence-corrected chi connectivity index (χ2v) is 5.77. The lowest BCUT2D eigenvalue weighted by Gasteiger charge is -2.14. The zero-order valence-electron chi connectivity index (χ0n) is 15.2. The molecule has 0 radical (unpaired) electrons. The standard InChI is InChI=1S/C18H24N4O4/c1-12-7-13(2)22-17(21-12)10-20-18(24)19-9-14(23)11-26-16-6-4-5-15(8-16)25-3/h4-8,14,23H,9-11H2,1-3H3,(H2,19,20,24). The molecule has 0 saturated carbocycles. The van der Waals surface area contributed by atoms with Gasteiger partial charge in [0.05, 0.1) is 13.7 Å². The average molecular weight is 360 g/mol. The molecule has 0 spiro atoms. The third kappa shape index (κ3) is 6.56. The molecule has 0 bridgehead atoms. The van der Waals surface area contributed by atoms with E-state index in [1.54, 1.807) is 31.4 Å². The number of aryl methyl sites for hydroxylation is 2. The van der Waals surface area contributed by atoms with Crippen molar-refractivity contribution in [1.82, 2.24) is 20.6 Å². The van der Waals surface area contributed by atoms with Crippen LogP contribution in [0.1, 0.15) is 17.2 Å². The Morgan fingerprint density at radius 1 is 1.15 bits per heavy atom. The fourth-order valence-corrected chi connectivity index (χ4v) is 2.25. The largest absolute Gasteiger partial charge is 0.497 e. The van der Waals surface area contributed by atoms with Crippen molar-refractivity contribution in [3.05, 3.63) is 47.5 Å². The van der Waals surface area contributed by atoms with E-state index in [-0.39, 0.29) is 19.7 Å². The minimum absolute atomic E-state index is 0.0492. The van der Waals surface area contributed by atoms with Gasteiger partial charge in [0.15, 0.2) is 0 Å². The summed E-state index contributed by atoms with van der Waals surface area (Å²) in [6.45, 7) is 4.07. The van der Waals surface area contributed by atoms with Gasteiger partial charge in [-0.05, 0) is 32.0 Å². The number of carbonyl (C=O) groups excluding carboxylic acids is 1. The highest BCUT2D eigenvalue weighted by Gasteiger charge is 2.09. The van der Waals surface area contributed by atoms with Crippen LogP contribution in [-0.2, 0) is 6.54 Å². The molecule has 2 rings (SSSR count). The first-order chi connectivity index (χ1) is 12.5. The monoisotopic (exact) mass is 360 g/mol. The molecule has 140 valence electrons. The van der Waals surface area contributed by atoms with Gasteiger partial charge in [-0.15, -0.1) is 0 Å². The van der Waals surface area contributed by atoms with E-state index in [0.717, 1.165) is 11.4 Å². The Balaban J connectivity index is 1.69. The van der Waals surface area contributed by atoms with E-state index in [9.17, 15) is 9.90 Å². The number of hydrogen-bond donors (Lipinski definition) is 3. The van der Waals surface area contributed by atoms with E-state index >= 15 is 0 Å². The van der Waals surface area contributed by atoms with E-state index < -0.39 is 12.1 Å². The molecule has 0 fully saturated rings. The number of aromatic nitrogens is 2. The van der Waals surface area contributed by atoms with Gasteiger partial charge in [0, 0.05) is 24.0 Å². The average Bonchev–Trinajstić information content (AvgIpc) is 2.62. The molecule has 0 aliphatic rings. The molecule has 2 amide bonds. The lowest BCUT2D eigenvalue weighted by Crippen LogP contribution is -2.41. The van der Waals surface area contributed by atoms with E-state index in [1.165, 1.54) is 0 Å². The second-order valence-electron chi connectivity index (χ2n) is 5.77. The number of benzene rings is 1. The van der Waals surface area contributed by atoms with Crippen LogP contribution in [0.15, 0.2) is 30.3 Å². The normalized spacial score (nSPS) is 11.5. The number of nitrogens with zero attached hydrogens (tertiary/aromatic N) is 2. The fraction of sp³-hybridized carbons (Fsp3) is 0.389. The third-order valence-corrected chi connectivity index (χ3v) is 3.42. The SMILES string of the molecule is COc1cccc(OCC(O)CNC(=O)NCc2nc(C)cc(C)n2)c1. The van der Waals surface area contributed by atoms with Crippen LogP contribution in [0.5, 0.6) is 11.5 Å². The van der Waals surface area contributed by atoms with Crippen LogP contribution in [-0.4, -0.2) is 47.5 Å². The van der Waals surface area contributed by atoms with Crippen molar-refractivity contribution < 1.29 is 19.4 Å². The first-order valence-electron chi connectivity index (χ1n) is 8.24. The van der Waals surface area contributed by atoms with E-state index in [4.69, 9.17) is 9.47 Å². The van der Waals surface area contributed by atoms with Gasteiger partial charge < -0.3 is 25.2 Å². The topological polar surface area (TPSA) is 106 Å². The minimum atomic E-state index is -0.843. The first kappa shape index (κ1) is 19.5. The van der Waals surface area contributed by atoms with Crippen LogP contribution >= 0.6 is 0 Å². The molecule has 0 saturated heterocycles. The summed E-state index contributed by atoms with van der Waals surface area (Å²) in [5, 5.41) is 15.2. The summed E-state index contributed by atoms with van der Waals surface area (Å²) in [6.07, 6.45) is -0.843. The Morgan fingerprint density at radius 3 is 2.54 bits per heavy atom. The van der Waals surface area contributed by atoms with Crippen LogP contribution in [0.25, 0.3) is 0 Å². The van der Waals surface area contributed by atoms with Gasteiger partial charge in [-0.25, -0.2) is 14.8 Å². The molecule has 3 N–H and O–H groups in total. The molecule has 0 aliphatic carbocycles. The molecule has 1 atom stereocenters. The predicted octanol–water partition coefficient (Wildman–Crippen LogP) is 1.34. The molecular weight excluding hydrogens is 336 g/mol. The van der Waals surface area contributed by atoms with Gasteiger partial charge in [0.1, 0.15) is 30.0 Å². The van der Waals surface area contributed by atoms with Crippen molar-refractivity contribution in [3.63, 3.8) is 0 Å². The number of carbonyl (C=O) groups is 1. The van der Waals surface area contributed by atoms with Crippen molar-refractivity contribution in [2.45, 2.75) is 26.5 Å². The number of nitrogens with one attached hydrogen (secondary N) is 2. The molecule has 26 heavy (non-hydrogen) atoms. The molecule has 1 aromatic heterocycles. The number of amides is 2. The van der Waals surface area contributed by atoms with E-state index in [0.29, 0.717) is 17.3 Å². The van der Waals surface area contributed by atoms with Crippen LogP contribution in [0.2, 0.25) is 0 Å². The zero-order valence-corrected chi connectivity index (χ0v) is 15.2. The van der Waals surface area contributed by atoms with Gasteiger partial charge in [-0.3, -0.25) is 0 Å². The first-order valence-corrected chi connectivity index (χ1v) is 8.24. The Labute approximate surface area is 152 Å². The summed E-state index contributed by atoms with van der Waals surface area (Å²) < 4.78 is 10.6. The third-order valence-electron chi connectivity index (χ3n) is 3.42. The Kier molecular flexibility index (Phi) is 7.16. The van der Waals surface area contributed by atoms with Crippen molar-refractivity contribution in [1.29, 1.82) is 0 Å². The summed E-state index contributed by atoms with van der Waals surface area (Å²) in [5.74, 6) is 1.79. The molecule has 0 aliphatic heterocycles. The molecule has 1 aromatic carbocycles. The Morgan fingerprint density at radius 2 is 1.85 bits per heavy atom. The number of rotatable bonds is 8. The number of aliphatic hydroxyl groups excluding tert-OH is 1. The van der Waals surface area contributed by atoms with E-state index in [2.05, 4.69) is 20.6 Å². The lowest BCUT2D eigenvalue weighted by atomic mass is 10.3. The van der Waals surface area contributed by atoms with Crippen molar-refractivity contribution in [2.75, 3.05) is 20.3 Å². The summed E-state index contributed by atoms with van der Waals surface area (Å²) in [5.41, 5.74) is 1.69. The van der Waals surface area contributed by atoms with Gasteiger partial charge >= 0.3 is 6.03 Å². The maximum absolute atomic E-state index is 11.8. The highest BCUT2D eigenvalue weighted by atomic mass is 16.5. The maximum Gasteiger partial charge on any atom is 0.315 e. The number of urea groups is 1. The highest BCUT2D eigenvalue weighted by molar-refractivity contribution is 5.73. The molecule has 8 nitrogen and oxygen atoms in total. The lowest BCUT2D eigenvalue weighted by molar-refractivity contribution is 0.107. The Bertz CT molecular complexity index is 719. The summed E-state index contributed by atoms with van der Waals surface area (Å²) in [4.78, 5) is 20.3. The molecule has 1 unspecified atom stereocenters. The van der Waals surface area contributed by atoms with Crippen molar-refractivity contribution in [2.24, 2.45) is 0 Å². The predicted molar refractivity (Wildman–Crippen MR) is 96.2 cm³/mol. The maximum atomic E-state index is 11.8. The number of hydrogen-bond acceptors (Lipinski definition) is 6. The van der Waals surface area contributed by atoms with Gasteiger partial charge in [0.25, 0.3) is 0 Å². The number of methoxy groups -OCH3 is 1. The molecular formula is C18H24N4O4. The molecule has 8 heteroatoms. The van der Waals surface area contributed by atoms with Crippen LogP contribution in [0.3, 0.4) is 0 Å². The van der Waals surface area contributed by atoms with Crippen molar-refractivity contribution in [3.8, 4) is 11.5 Å². The van der Waals surface area contributed by atoms with Gasteiger partial charge in [-0.2, -0.15) is 0 Å². The van der Waals surface area contributed by atoms with Crippen LogP contribution in [0, 0.1) is 13.8 Å².